The number of likely N-dealkylation sites (N-methyl/N-ethyl adjacent to an activating group) is 1. The van der Waals surface area contributed by atoms with E-state index >= 15 is 0 Å². The van der Waals surface area contributed by atoms with Crippen LogP contribution in [0.3, 0.4) is 0 Å². The van der Waals surface area contributed by atoms with Gasteiger partial charge in [-0.2, -0.15) is 0 Å². The topological polar surface area (TPSA) is 62.5 Å². The van der Waals surface area contributed by atoms with Gasteiger partial charge in [-0.1, -0.05) is 18.2 Å². The Bertz CT molecular complexity index is 677. The summed E-state index contributed by atoms with van der Waals surface area (Å²) in [5, 5.41) is 2.86. The smallest absolute Gasteiger partial charge is 0.223 e. The van der Waals surface area contributed by atoms with Crippen LogP contribution < -0.4 is 5.73 Å². The quantitative estimate of drug-likeness (QED) is 0.904. The maximum absolute atomic E-state index is 11.0. The maximum Gasteiger partial charge on any atom is 0.223 e. The first-order valence-corrected chi connectivity index (χ1v) is 8.71. The van der Waals surface area contributed by atoms with E-state index < -0.39 is 0 Å². The van der Waals surface area contributed by atoms with Crippen LogP contribution in [0.15, 0.2) is 29.6 Å². The summed E-state index contributed by atoms with van der Waals surface area (Å²) >= 11 is 1.56. The van der Waals surface area contributed by atoms with Crippen molar-refractivity contribution in [2.24, 2.45) is 5.73 Å². The van der Waals surface area contributed by atoms with Crippen molar-refractivity contribution in [2.45, 2.75) is 13.0 Å². The Morgan fingerprint density at radius 1 is 1.30 bits per heavy atom. The normalized spacial score (nSPS) is 16.6. The van der Waals surface area contributed by atoms with E-state index in [1.54, 1.807) is 11.3 Å². The summed E-state index contributed by atoms with van der Waals surface area (Å²) in [6.07, 6.45) is 0.206. The van der Waals surface area contributed by atoms with Crippen LogP contribution in [0.25, 0.3) is 10.6 Å². The molecule has 1 fully saturated rings. The number of hydrogen-bond donors (Lipinski definition) is 1. The molecule has 0 bridgehead atoms. The van der Waals surface area contributed by atoms with Gasteiger partial charge in [0.25, 0.3) is 0 Å². The van der Waals surface area contributed by atoms with Gasteiger partial charge in [0, 0.05) is 43.7 Å². The lowest BCUT2D eigenvalue weighted by Crippen LogP contribution is -2.43. The molecule has 2 heterocycles. The molecule has 3 rings (SSSR count). The van der Waals surface area contributed by atoms with E-state index in [0.29, 0.717) is 0 Å². The first-order chi connectivity index (χ1) is 11.1. The molecule has 23 heavy (non-hydrogen) atoms. The van der Waals surface area contributed by atoms with E-state index in [4.69, 9.17) is 5.73 Å². The van der Waals surface area contributed by atoms with Crippen molar-refractivity contribution in [1.82, 2.24) is 14.8 Å². The summed E-state index contributed by atoms with van der Waals surface area (Å²) in [6, 6.07) is 8.52. The van der Waals surface area contributed by atoms with Crippen molar-refractivity contribution < 1.29 is 4.79 Å². The number of hydrogen-bond acceptors (Lipinski definition) is 5. The van der Waals surface area contributed by atoms with Gasteiger partial charge in [0.05, 0.1) is 12.1 Å². The second kappa shape index (κ2) is 7.21. The Hall–Kier alpha value is -1.76. The van der Waals surface area contributed by atoms with Crippen LogP contribution >= 0.6 is 11.3 Å². The number of nitrogens with zero attached hydrogens (tertiary/aromatic N) is 3. The Labute approximate surface area is 140 Å². The number of carbonyl (C=O) groups excluding carboxylic acids is 1. The second-order valence-electron chi connectivity index (χ2n) is 6.07. The van der Waals surface area contributed by atoms with Gasteiger partial charge in [0.15, 0.2) is 0 Å². The molecule has 5 nitrogen and oxygen atoms in total. The first-order valence-electron chi connectivity index (χ1n) is 7.83. The molecule has 0 radical (unpaired) electrons. The SMILES string of the molecule is CN1CCN(Cc2cccc(-c3nc(CC(N)=O)cs3)c2)CC1. The third-order valence-electron chi connectivity index (χ3n) is 4.08. The van der Waals surface area contributed by atoms with Crippen molar-refractivity contribution in [3.05, 3.63) is 40.9 Å². The Kier molecular flexibility index (Phi) is 5.05. The molecule has 1 saturated heterocycles. The van der Waals surface area contributed by atoms with E-state index in [0.717, 1.165) is 49.0 Å². The first kappa shape index (κ1) is 16.1. The molecule has 1 amide bonds. The standard InChI is InChI=1S/C17H22N4OS/c1-20-5-7-21(8-6-20)11-13-3-2-4-14(9-13)17-19-15(12-23-17)10-16(18)22/h2-4,9,12H,5-8,10-11H2,1H3,(H2,18,22). The van der Waals surface area contributed by atoms with Crippen LogP contribution in [0.4, 0.5) is 0 Å². The predicted octanol–water partition coefficient (Wildman–Crippen LogP) is 1.59. The van der Waals surface area contributed by atoms with E-state index in [-0.39, 0.29) is 12.3 Å². The third kappa shape index (κ3) is 4.37. The van der Waals surface area contributed by atoms with E-state index in [1.807, 2.05) is 5.38 Å². The summed E-state index contributed by atoms with van der Waals surface area (Å²) in [5.74, 6) is -0.342. The van der Waals surface area contributed by atoms with Crippen LogP contribution in [0.1, 0.15) is 11.3 Å². The molecule has 2 N–H and O–H groups in total. The second-order valence-corrected chi connectivity index (χ2v) is 6.92. The number of primary amides is 1. The number of aromatic nitrogens is 1. The van der Waals surface area contributed by atoms with Gasteiger partial charge >= 0.3 is 0 Å². The van der Waals surface area contributed by atoms with Crippen LogP contribution in [0.5, 0.6) is 0 Å². The number of rotatable bonds is 5. The van der Waals surface area contributed by atoms with Gasteiger partial charge < -0.3 is 10.6 Å². The molecule has 0 atom stereocenters. The molecule has 1 aromatic heterocycles. The molecule has 0 unspecified atom stereocenters. The molecular formula is C17H22N4OS. The highest BCUT2D eigenvalue weighted by Gasteiger charge is 2.14. The molecule has 122 valence electrons. The fourth-order valence-electron chi connectivity index (χ4n) is 2.77. The molecule has 0 saturated carbocycles. The van der Waals surface area contributed by atoms with Crippen molar-refractivity contribution in [3.8, 4) is 10.6 Å². The average molecular weight is 330 g/mol. The molecule has 0 aliphatic carbocycles. The van der Waals surface area contributed by atoms with Gasteiger partial charge in [-0.05, 0) is 18.7 Å². The van der Waals surface area contributed by atoms with Crippen LogP contribution in [-0.2, 0) is 17.8 Å². The number of amides is 1. The molecule has 1 aliphatic heterocycles. The largest absolute Gasteiger partial charge is 0.369 e. The van der Waals surface area contributed by atoms with Crippen LogP contribution in [-0.4, -0.2) is 53.9 Å². The minimum atomic E-state index is -0.342. The van der Waals surface area contributed by atoms with Crippen molar-refractivity contribution in [3.63, 3.8) is 0 Å². The maximum atomic E-state index is 11.0. The summed E-state index contributed by atoms with van der Waals surface area (Å²) in [4.78, 5) is 20.4. The van der Waals surface area contributed by atoms with Gasteiger partial charge in [-0.3, -0.25) is 9.69 Å². The summed E-state index contributed by atoms with van der Waals surface area (Å²) in [6.45, 7) is 5.45. The van der Waals surface area contributed by atoms with Crippen molar-refractivity contribution >= 4 is 17.2 Å². The van der Waals surface area contributed by atoms with E-state index in [1.165, 1.54) is 5.56 Å². The van der Waals surface area contributed by atoms with Gasteiger partial charge in [-0.25, -0.2) is 4.98 Å². The number of nitrogens with two attached hydrogens (primary N) is 1. The van der Waals surface area contributed by atoms with Crippen molar-refractivity contribution in [2.75, 3.05) is 33.2 Å². The molecule has 6 heteroatoms. The third-order valence-corrected chi connectivity index (χ3v) is 5.02. The zero-order chi connectivity index (χ0) is 16.2. The molecule has 1 aromatic carbocycles. The Balaban J connectivity index is 1.69. The number of benzene rings is 1. The fourth-order valence-corrected chi connectivity index (χ4v) is 3.58. The highest BCUT2D eigenvalue weighted by Crippen LogP contribution is 2.25. The number of piperazine rings is 1. The van der Waals surface area contributed by atoms with Gasteiger partial charge in [0.1, 0.15) is 5.01 Å². The minimum Gasteiger partial charge on any atom is -0.369 e. The summed E-state index contributed by atoms with van der Waals surface area (Å²) < 4.78 is 0. The van der Waals surface area contributed by atoms with Crippen LogP contribution in [0.2, 0.25) is 0 Å². The summed E-state index contributed by atoms with van der Waals surface area (Å²) in [5.41, 5.74) is 8.39. The lowest BCUT2D eigenvalue weighted by atomic mass is 10.1. The Morgan fingerprint density at radius 3 is 2.83 bits per heavy atom. The lowest BCUT2D eigenvalue weighted by molar-refractivity contribution is -0.117. The highest BCUT2D eigenvalue weighted by atomic mass is 32.1. The number of thiazole rings is 1. The predicted molar refractivity (Wildman–Crippen MR) is 93.2 cm³/mol. The van der Waals surface area contributed by atoms with Crippen molar-refractivity contribution in [1.29, 1.82) is 0 Å². The molecule has 2 aromatic rings. The zero-order valence-corrected chi connectivity index (χ0v) is 14.2. The monoisotopic (exact) mass is 330 g/mol. The van der Waals surface area contributed by atoms with E-state index in [2.05, 4.69) is 46.1 Å². The van der Waals surface area contributed by atoms with E-state index in [9.17, 15) is 4.79 Å². The zero-order valence-electron chi connectivity index (χ0n) is 13.4. The average Bonchev–Trinajstić information content (AvgIpc) is 2.98. The van der Waals surface area contributed by atoms with Gasteiger partial charge in [-0.15, -0.1) is 11.3 Å². The minimum absolute atomic E-state index is 0.206. The number of carbonyl (C=O) groups is 1. The Morgan fingerprint density at radius 2 is 2.09 bits per heavy atom. The lowest BCUT2D eigenvalue weighted by Gasteiger charge is -2.32. The van der Waals surface area contributed by atoms with Crippen LogP contribution in [0, 0.1) is 0 Å². The molecule has 1 aliphatic rings. The highest BCUT2D eigenvalue weighted by molar-refractivity contribution is 7.13. The fraction of sp³-hybridized carbons (Fsp3) is 0.412. The molecule has 0 spiro atoms. The van der Waals surface area contributed by atoms with Gasteiger partial charge in [0.2, 0.25) is 5.91 Å². The molecular weight excluding hydrogens is 308 g/mol. The summed E-state index contributed by atoms with van der Waals surface area (Å²) in [7, 11) is 2.17.